The molecule has 4 rings (SSSR count). The Bertz CT molecular complexity index is 1070. The lowest BCUT2D eigenvalue weighted by Crippen LogP contribution is -2.28. The summed E-state index contributed by atoms with van der Waals surface area (Å²) in [5, 5.41) is 2.61. The number of nitrogens with zero attached hydrogens (tertiary/aromatic N) is 1. The summed E-state index contributed by atoms with van der Waals surface area (Å²) >= 11 is 1.52. The maximum absolute atomic E-state index is 13.5. The number of aryl methyl sites for hydroxylation is 1. The van der Waals surface area contributed by atoms with E-state index in [4.69, 9.17) is 0 Å². The summed E-state index contributed by atoms with van der Waals surface area (Å²) in [7, 11) is 0. The second kappa shape index (κ2) is 8.09. The van der Waals surface area contributed by atoms with E-state index in [-0.39, 0.29) is 16.8 Å². The minimum absolute atomic E-state index is 0.0233. The molecule has 3 aromatic carbocycles. The van der Waals surface area contributed by atoms with Crippen molar-refractivity contribution in [2.24, 2.45) is 0 Å². The van der Waals surface area contributed by atoms with E-state index >= 15 is 0 Å². The number of thioether (sulfide) groups is 1. The van der Waals surface area contributed by atoms with Gasteiger partial charge in [0.25, 0.3) is 5.91 Å². The summed E-state index contributed by atoms with van der Waals surface area (Å²) < 4.78 is 13.5. The van der Waals surface area contributed by atoms with Crippen LogP contribution in [0, 0.1) is 12.7 Å². The van der Waals surface area contributed by atoms with E-state index in [1.54, 1.807) is 17.0 Å². The van der Waals surface area contributed by atoms with Gasteiger partial charge in [0.15, 0.2) is 0 Å². The van der Waals surface area contributed by atoms with E-state index in [0.717, 1.165) is 16.8 Å². The molecule has 2 amide bonds. The number of hydrogen-bond donors (Lipinski definition) is 1. The molecule has 1 fully saturated rings. The number of para-hydroxylation sites is 1. The van der Waals surface area contributed by atoms with Crippen LogP contribution in [0.5, 0.6) is 0 Å². The highest BCUT2D eigenvalue weighted by Gasteiger charge is 2.35. The zero-order chi connectivity index (χ0) is 20.4. The molecule has 0 saturated carbocycles. The van der Waals surface area contributed by atoms with Gasteiger partial charge < -0.3 is 5.32 Å². The van der Waals surface area contributed by atoms with Crippen LogP contribution in [0.2, 0.25) is 0 Å². The Labute approximate surface area is 172 Å². The van der Waals surface area contributed by atoms with Crippen molar-refractivity contribution in [2.75, 3.05) is 16.0 Å². The second-order valence-corrected chi connectivity index (χ2v) is 7.88. The van der Waals surface area contributed by atoms with Crippen LogP contribution in [0.15, 0.2) is 72.8 Å². The number of halogens is 1. The molecule has 1 heterocycles. The van der Waals surface area contributed by atoms with Gasteiger partial charge in [0.05, 0.1) is 5.75 Å². The van der Waals surface area contributed by atoms with E-state index < -0.39 is 11.7 Å². The fourth-order valence-corrected chi connectivity index (χ4v) is 4.50. The highest BCUT2D eigenvalue weighted by atomic mass is 32.2. The molecule has 0 spiro atoms. The van der Waals surface area contributed by atoms with Gasteiger partial charge in [-0.1, -0.05) is 42.0 Å². The molecule has 1 aliphatic heterocycles. The number of benzene rings is 3. The standard InChI is InChI=1S/C23H19FN2O2S/c1-15-9-11-18(12-10-15)26-21(27)14-29-23(26)19-7-2-3-8-20(19)25-22(28)16-5-4-6-17(24)13-16/h2-13,23H,14H2,1H3,(H,25,28)/t23-/m1/s1. The topological polar surface area (TPSA) is 49.4 Å². The highest BCUT2D eigenvalue weighted by molar-refractivity contribution is 8.00. The van der Waals surface area contributed by atoms with Gasteiger partial charge in [-0.3, -0.25) is 14.5 Å². The Hall–Kier alpha value is -3.12. The number of amides is 2. The molecule has 6 heteroatoms. The molecule has 29 heavy (non-hydrogen) atoms. The molecule has 4 nitrogen and oxygen atoms in total. The fourth-order valence-electron chi connectivity index (χ4n) is 3.29. The maximum Gasteiger partial charge on any atom is 0.255 e. The van der Waals surface area contributed by atoms with Crippen molar-refractivity contribution in [3.05, 3.63) is 95.3 Å². The minimum atomic E-state index is -0.464. The maximum atomic E-state index is 13.5. The molecular weight excluding hydrogens is 387 g/mol. The molecular formula is C23H19FN2O2S. The quantitative estimate of drug-likeness (QED) is 0.651. The summed E-state index contributed by atoms with van der Waals surface area (Å²) in [5.41, 5.74) is 3.61. The second-order valence-electron chi connectivity index (χ2n) is 6.81. The third-order valence-corrected chi connectivity index (χ3v) is 5.94. The lowest BCUT2D eigenvalue weighted by Gasteiger charge is -2.26. The first kappa shape index (κ1) is 19.2. The van der Waals surface area contributed by atoms with Gasteiger partial charge >= 0.3 is 0 Å². The summed E-state index contributed by atoms with van der Waals surface area (Å²) in [6, 6.07) is 20.8. The predicted molar refractivity (Wildman–Crippen MR) is 115 cm³/mol. The number of anilines is 2. The average molecular weight is 406 g/mol. The van der Waals surface area contributed by atoms with Crippen LogP contribution in [-0.4, -0.2) is 17.6 Å². The smallest absolute Gasteiger partial charge is 0.255 e. The lowest BCUT2D eigenvalue weighted by molar-refractivity contribution is -0.115. The molecule has 1 saturated heterocycles. The van der Waals surface area contributed by atoms with Crippen LogP contribution in [0.3, 0.4) is 0 Å². The average Bonchev–Trinajstić information content (AvgIpc) is 3.10. The number of carbonyl (C=O) groups is 2. The SMILES string of the molecule is Cc1ccc(N2C(=O)CS[C@@H]2c2ccccc2NC(=O)c2cccc(F)c2)cc1. The Morgan fingerprint density at radius 2 is 1.83 bits per heavy atom. The largest absolute Gasteiger partial charge is 0.322 e. The Morgan fingerprint density at radius 1 is 1.07 bits per heavy atom. The van der Waals surface area contributed by atoms with Gasteiger partial charge in [0.1, 0.15) is 11.2 Å². The molecule has 146 valence electrons. The van der Waals surface area contributed by atoms with Crippen molar-refractivity contribution < 1.29 is 14.0 Å². The van der Waals surface area contributed by atoms with Gasteiger partial charge in [-0.15, -0.1) is 11.8 Å². The number of carbonyl (C=O) groups excluding carboxylic acids is 2. The van der Waals surface area contributed by atoms with Gasteiger partial charge in [-0.25, -0.2) is 4.39 Å². The molecule has 1 N–H and O–H groups in total. The van der Waals surface area contributed by atoms with E-state index in [1.807, 2.05) is 49.4 Å². The summed E-state index contributed by atoms with van der Waals surface area (Å²) in [4.78, 5) is 27.0. The van der Waals surface area contributed by atoms with Crippen molar-refractivity contribution in [1.82, 2.24) is 0 Å². The zero-order valence-electron chi connectivity index (χ0n) is 15.8. The first-order chi connectivity index (χ1) is 14.0. The van der Waals surface area contributed by atoms with E-state index in [1.165, 1.54) is 30.0 Å². The predicted octanol–water partition coefficient (Wildman–Crippen LogP) is 5.17. The van der Waals surface area contributed by atoms with Crippen LogP contribution in [0.4, 0.5) is 15.8 Å². The number of rotatable bonds is 4. The van der Waals surface area contributed by atoms with E-state index in [9.17, 15) is 14.0 Å². The van der Waals surface area contributed by atoms with Crippen molar-refractivity contribution in [1.29, 1.82) is 0 Å². The van der Waals surface area contributed by atoms with Crippen LogP contribution < -0.4 is 10.2 Å². The Kier molecular flexibility index (Phi) is 5.36. The molecule has 0 radical (unpaired) electrons. The van der Waals surface area contributed by atoms with Gasteiger partial charge in [-0.2, -0.15) is 0 Å². The van der Waals surface area contributed by atoms with E-state index in [0.29, 0.717) is 11.4 Å². The van der Waals surface area contributed by atoms with Gasteiger partial charge in [0, 0.05) is 22.5 Å². The van der Waals surface area contributed by atoms with Crippen molar-refractivity contribution in [2.45, 2.75) is 12.3 Å². The zero-order valence-corrected chi connectivity index (χ0v) is 16.6. The first-order valence-electron chi connectivity index (χ1n) is 9.19. The molecule has 1 aliphatic rings. The number of nitrogens with one attached hydrogen (secondary N) is 1. The third kappa shape index (κ3) is 4.03. The van der Waals surface area contributed by atoms with Crippen LogP contribution >= 0.6 is 11.8 Å². The minimum Gasteiger partial charge on any atom is -0.322 e. The summed E-state index contributed by atoms with van der Waals surface area (Å²) in [6.45, 7) is 2.00. The first-order valence-corrected chi connectivity index (χ1v) is 10.2. The van der Waals surface area contributed by atoms with Crippen LogP contribution in [-0.2, 0) is 4.79 Å². The Morgan fingerprint density at radius 3 is 2.59 bits per heavy atom. The van der Waals surface area contributed by atoms with Gasteiger partial charge in [-0.05, 0) is 43.3 Å². The lowest BCUT2D eigenvalue weighted by atomic mass is 10.1. The van der Waals surface area contributed by atoms with Crippen molar-refractivity contribution >= 4 is 35.0 Å². The molecule has 3 aromatic rings. The molecule has 0 aromatic heterocycles. The van der Waals surface area contributed by atoms with Crippen molar-refractivity contribution in [3.8, 4) is 0 Å². The number of hydrogen-bond acceptors (Lipinski definition) is 3. The molecule has 0 bridgehead atoms. The molecule has 0 unspecified atom stereocenters. The molecule has 1 atom stereocenters. The highest BCUT2D eigenvalue weighted by Crippen LogP contribution is 2.44. The summed E-state index contributed by atoms with van der Waals surface area (Å²) in [6.07, 6.45) is 0. The summed E-state index contributed by atoms with van der Waals surface area (Å²) in [5.74, 6) is -0.471. The van der Waals surface area contributed by atoms with Crippen LogP contribution in [0.1, 0.15) is 26.9 Å². The fraction of sp³-hybridized carbons (Fsp3) is 0.130. The van der Waals surface area contributed by atoms with Gasteiger partial charge in [0.2, 0.25) is 5.91 Å². The third-order valence-electron chi connectivity index (χ3n) is 4.74. The van der Waals surface area contributed by atoms with Crippen molar-refractivity contribution in [3.63, 3.8) is 0 Å². The van der Waals surface area contributed by atoms with E-state index in [2.05, 4.69) is 5.32 Å². The molecule has 0 aliphatic carbocycles. The monoisotopic (exact) mass is 406 g/mol. The normalized spacial score (nSPS) is 16.1. The van der Waals surface area contributed by atoms with Crippen LogP contribution in [0.25, 0.3) is 0 Å². The Balaban J connectivity index is 1.66.